The minimum absolute atomic E-state index is 0.0209. The molecule has 7 nitrogen and oxygen atoms in total. The van der Waals surface area contributed by atoms with Crippen LogP contribution in [0.2, 0.25) is 0 Å². The summed E-state index contributed by atoms with van der Waals surface area (Å²) in [6.45, 7) is 13.9. The maximum Gasteiger partial charge on any atom is 0.254 e. The number of hydrogen-bond acceptors (Lipinski definition) is 4. The van der Waals surface area contributed by atoms with Crippen molar-refractivity contribution >= 4 is 17.7 Å². The predicted molar refractivity (Wildman–Crippen MR) is 157 cm³/mol. The molecule has 5 rings (SSSR count). The van der Waals surface area contributed by atoms with Crippen LogP contribution in [0.1, 0.15) is 59.8 Å². The Bertz CT molecular complexity index is 1200. The highest BCUT2D eigenvalue weighted by Crippen LogP contribution is 2.33. The van der Waals surface area contributed by atoms with Crippen LogP contribution in [0, 0.1) is 37.5 Å². The van der Waals surface area contributed by atoms with Crippen LogP contribution in [0.5, 0.6) is 0 Å². The van der Waals surface area contributed by atoms with Gasteiger partial charge in [-0.3, -0.25) is 14.4 Å². The Morgan fingerprint density at radius 1 is 0.900 bits per heavy atom. The van der Waals surface area contributed by atoms with Crippen molar-refractivity contribution in [2.45, 2.75) is 46.6 Å². The van der Waals surface area contributed by atoms with Crippen LogP contribution in [0.3, 0.4) is 0 Å². The molecule has 214 valence electrons. The number of carbonyl (C=O) groups is 3. The van der Waals surface area contributed by atoms with E-state index in [1.807, 2.05) is 55.1 Å². The van der Waals surface area contributed by atoms with Crippen LogP contribution in [0.4, 0.5) is 0 Å². The smallest absolute Gasteiger partial charge is 0.254 e. The summed E-state index contributed by atoms with van der Waals surface area (Å²) in [6.07, 6.45) is 1.11. The van der Waals surface area contributed by atoms with E-state index in [1.54, 1.807) is 0 Å². The average Bonchev–Trinajstić information content (AvgIpc) is 3.60. The molecular weight excluding hydrogens is 500 g/mol. The molecule has 7 heteroatoms. The third-order valence-electron chi connectivity index (χ3n) is 8.97. The third kappa shape index (κ3) is 6.25. The molecule has 1 N–H and O–H groups in total. The summed E-state index contributed by atoms with van der Waals surface area (Å²) >= 11 is 0. The van der Waals surface area contributed by atoms with Gasteiger partial charge in [-0.2, -0.15) is 0 Å². The van der Waals surface area contributed by atoms with Gasteiger partial charge >= 0.3 is 0 Å². The molecule has 3 unspecified atom stereocenters. The monoisotopic (exact) mass is 544 g/mol. The zero-order chi connectivity index (χ0) is 28.4. The lowest BCUT2D eigenvalue weighted by atomic mass is 10.0. The van der Waals surface area contributed by atoms with Gasteiger partial charge in [-0.15, -0.1) is 0 Å². The SMILES string of the molecule is Cc1cccc(C)c1C(=O)N1CC2CN(CCC(NC(=O)C3CC(=O)N(CC(C)C)C3)c3ccccc3)C[C@H]2C1. The molecule has 0 bridgehead atoms. The number of nitrogens with one attached hydrogen (secondary N) is 1. The van der Waals surface area contributed by atoms with Gasteiger partial charge < -0.3 is 20.0 Å². The number of hydrogen-bond donors (Lipinski definition) is 1. The first-order valence-corrected chi connectivity index (χ1v) is 14.9. The molecule has 2 aromatic carbocycles. The fourth-order valence-corrected chi connectivity index (χ4v) is 6.92. The molecule has 3 saturated heterocycles. The van der Waals surface area contributed by atoms with Crippen molar-refractivity contribution in [3.8, 4) is 0 Å². The van der Waals surface area contributed by atoms with E-state index in [4.69, 9.17) is 0 Å². The van der Waals surface area contributed by atoms with Gasteiger partial charge in [0, 0.05) is 57.8 Å². The van der Waals surface area contributed by atoms with E-state index in [0.29, 0.717) is 37.3 Å². The van der Waals surface area contributed by atoms with Gasteiger partial charge in [0.25, 0.3) is 5.91 Å². The molecule has 4 atom stereocenters. The minimum atomic E-state index is -0.288. The van der Waals surface area contributed by atoms with Gasteiger partial charge in [-0.05, 0) is 54.7 Å². The van der Waals surface area contributed by atoms with Gasteiger partial charge in [-0.25, -0.2) is 0 Å². The topological polar surface area (TPSA) is 73.0 Å². The molecule has 3 heterocycles. The largest absolute Gasteiger partial charge is 0.349 e. The Labute approximate surface area is 238 Å². The lowest BCUT2D eigenvalue weighted by Crippen LogP contribution is -2.38. The molecule has 3 amide bonds. The fraction of sp³-hybridized carbons (Fsp3) is 0.545. The molecular formula is C33H44N4O3. The Hall–Kier alpha value is -3.19. The van der Waals surface area contributed by atoms with E-state index in [2.05, 4.69) is 41.1 Å². The normalized spacial score (nSPS) is 23.6. The average molecular weight is 545 g/mol. The zero-order valence-electron chi connectivity index (χ0n) is 24.4. The maximum atomic E-state index is 13.3. The fourth-order valence-electron chi connectivity index (χ4n) is 6.92. The second-order valence-corrected chi connectivity index (χ2v) is 12.6. The summed E-state index contributed by atoms with van der Waals surface area (Å²) in [7, 11) is 0. The van der Waals surface area contributed by atoms with Gasteiger partial charge in [0.15, 0.2) is 0 Å². The van der Waals surface area contributed by atoms with Crippen LogP contribution in [0.25, 0.3) is 0 Å². The molecule has 0 radical (unpaired) electrons. The Morgan fingerprint density at radius 2 is 1.55 bits per heavy atom. The first-order valence-electron chi connectivity index (χ1n) is 14.9. The number of fused-ring (bicyclic) bond motifs is 1. The first-order chi connectivity index (χ1) is 19.2. The molecule has 0 saturated carbocycles. The molecule has 0 aliphatic carbocycles. The molecule has 0 aromatic heterocycles. The summed E-state index contributed by atoms with van der Waals surface area (Å²) in [6, 6.07) is 16.1. The molecule has 2 aromatic rings. The van der Waals surface area contributed by atoms with Crippen molar-refractivity contribution < 1.29 is 14.4 Å². The van der Waals surface area contributed by atoms with Crippen molar-refractivity contribution in [1.29, 1.82) is 0 Å². The summed E-state index contributed by atoms with van der Waals surface area (Å²) in [5, 5.41) is 3.30. The van der Waals surface area contributed by atoms with Crippen LogP contribution >= 0.6 is 0 Å². The molecule has 3 aliphatic rings. The van der Waals surface area contributed by atoms with E-state index in [1.165, 1.54) is 0 Å². The number of rotatable bonds is 9. The van der Waals surface area contributed by atoms with E-state index >= 15 is 0 Å². The second kappa shape index (κ2) is 12.1. The van der Waals surface area contributed by atoms with Crippen molar-refractivity contribution in [3.63, 3.8) is 0 Å². The molecule has 3 aliphatic heterocycles. The summed E-state index contributed by atoms with van der Waals surface area (Å²) < 4.78 is 0. The molecule has 40 heavy (non-hydrogen) atoms. The highest BCUT2D eigenvalue weighted by atomic mass is 16.2. The van der Waals surface area contributed by atoms with Crippen molar-refractivity contribution in [3.05, 3.63) is 70.8 Å². The lowest BCUT2D eigenvalue weighted by molar-refractivity contribution is -0.129. The van der Waals surface area contributed by atoms with Gasteiger partial charge in [-0.1, -0.05) is 62.4 Å². The number of aryl methyl sites for hydroxylation is 2. The highest BCUT2D eigenvalue weighted by Gasteiger charge is 2.42. The van der Waals surface area contributed by atoms with Crippen LogP contribution in [-0.2, 0) is 9.59 Å². The summed E-state index contributed by atoms with van der Waals surface area (Å²) in [5.41, 5.74) is 4.06. The van der Waals surface area contributed by atoms with Crippen molar-refractivity contribution in [2.24, 2.45) is 23.7 Å². The second-order valence-electron chi connectivity index (χ2n) is 12.6. The van der Waals surface area contributed by atoms with Crippen molar-refractivity contribution in [1.82, 2.24) is 20.0 Å². The van der Waals surface area contributed by atoms with Crippen molar-refractivity contribution in [2.75, 3.05) is 45.8 Å². The van der Waals surface area contributed by atoms with E-state index in [0.717, 1.165) is 61.4 Å². The van der Waals surface area contributed by atoms with Gasteiger partial charge in [0.05, 0.1) is 12.0 Å². The van der Waals surface area contributed by atoms with E-state index in [-0.39, 0.29) is 29.7 Å². The summed E-state index contributed by atoms with van der Waals surface area (Å²) in [4.78, 5) is 45.5. The third-order valence-corrected chi connectivity index (χ3v) is 8.97. The van der Waals surface area contributed by atoms with E-state index < -0.39 is 0 Å². The number of amides is 3. The quantitative estimate of drug-likeness (QED) is 0.517. The molecule has 0 spiro atoms. The lowest BCUT2D eigenvalue weighted by Gasteiger charge is -2.26. The number of nitrogens with zero attached hydrogens (tertiary/aromatic N) is 3. The van der Waals surface area contributed by atoms with Gasteiger partial charge in [0.1, 0.15) is 0 Å². The van der Waals surface area contributed by atoms with E-state index in [9.17, 15) is 14.4 Å². The van der Waals surface area contributed by atoms with Gasteiger partial charge in [0.2, 0.25) is 11.8 Å². The Balaban J connectivity index is 1.16. The molecule has 3 fully saturated rings. The van der Waals surface area contributed by atoms with Crippen LogP contribution in [0.15, 0.2) is 48.5 Å². The first kappa shape index (κ1) is 28.3. The predicted octanol–water partition coefficient (Wildman–Crippen LogP) is 4.06. The minimum Gasteiger partial charge on any atom is -0.349 e. The van der Waals surface area contributed by atoms with Crippen LogP contribution in [-0.4, -0.2) is 78.2 Å². The zero-order valence-corrected chi connectivity index (χ0v) is 24.4. The Kier molecular flexibility index (Phi) is 8.60. The number of benzene rings is 2. The van der Waals surface area contributed by atoms with Crippen LogP contribution < -0.4 is 5.32 Å². The number of carbonyl (C=O) groups excluding carboxylic acids is 3. The number of likely N-dealkylation sites (tertiary alicyclic amines) is 3. The standard InChI is InChI=1S/C33H44N4O3/c1-22(2)16-36-19-26(15-30(36)38)32(39)34-29(25-11-6-5-7-12-25)13-14-35-17-27-20-37(21-28(27)18-35)33(40)31-23(3)9-8-10-24(31)4/h5-12,22,26-29H,13-21H2,1-4H3,(H,34,39)/t26?,27-,28?,29?/m0/s1. The maximum absolute atomic E-state index is 13.3. The summed E-state index contributed by atoms with van der Waals surface area (Å²) in [5.74, 6) is 1.32. The Morgan fingerprint density at radius 3 is 2.17 bits per heavy atom. The highest BCUT2D eigenvalue weighted by molar-refractivity contribution is 5.97.